The number of hydrogen-bond acceptors (Lipinski definition) is 2. The summed E-state index contributed by atoms with van der Waals surface area (Å²) in [6.45, 7) is 3.92. The van der Waals surface area contributed by atoms with E-state index < -0.39 is 5.97 Å². The fourth-order valence-electron chi connectivity index (χ4n) is 0.748. The average molecular weight is 212 g/mol. The summed E-state index contributed by atoms with van der Waals surface area (Å²) < 4.78 is 0. The Labute approximate surface area is 91.4 Å². The molecule has 0 aromatic heterocycles. The Hall–Kier alpha value is -1.35. The molecule has 0 aliphatic rings. The summed E-state index contributed by atoms with van der Waals surface area (Å²) in [5.41, 5.74) is 1.32. The lowest BCUT2D eigenvalue weighted by molar-refractivity contribution is -0.137. The van der Waals surface area contributed by atoms with Gasteiger partial charge in [-0.3, -0.25) is 4.79 Å². The van der Waals surface area contributed by atoms with Gasteiger partial charge in [0.15, 0.2) is 0 Å². The highest BCUT2D eigenvalue weighted by molar-refractivity contribution is 5.66. The van der Waals surface area contributed by atoms with Crippen LogP contribution in [0.1, 0.15) is 25.3 Å². The van der Waals surface area contributed by atoms with Gasteiger partial charge in [-0.2, -0.15) is 0 Å². The van der Waals surface area contributed by atoms with Gasteiger partial charge < -0.3 is 10.2 Å². The van der Waals surface area contributed by atoms with Crippen LogP contribution in [-0.4, -0.2) is 23.3 Å². The molecule has 0 heterocycles. The molecule has 0 amide bonds. The van der Waals surface area contributed by atoms with E-state index in [1.807, 2.05) is 25.1 Å². The van der Waals surface area contributed by atoms with Gasteiger partial charge in [0, 0.05) is 13.5 Å². The first-order valence-electron chi connectivity index (χ1n) is 4.85. The molecule has 0 aliphatic heterocycles. The third-order valence-corrected chi connectivity index (χ3v) is 1.40. The molecule has 0 saturated heterocycles. The largest absolute Gasteiger partial charge is 0.481 e. The zero-order valence-corrected chi connectivity index (χ0v) is 9.60. The van der Waals surface area contributed by atoms with Gasteiger partial charge in [0.1, 0.15) is 0 Å². The second kappa shape index (κ2) is 12.7. The molecular weight excluding hydrogens is 192 g/mol. The summed E-state index contributed by atoms with van der Waals surface area (Å²) in [5, 5.41) is 14.9. The number of rotatable bonds is 2. The molecular formula is C12H20O3. The molecule has 1 rings (SSSR count). The van der Waals surface area contributed by atoms with E-state index in [2.05, 4.69) is 19.1 Å². The van der Waals surface area contributed by atoms with Crippen molar-refractivity contribution in [3.8, 4) is 0 Å². The smallest absolute Gasteiger partial charge is 0.303 e. The first kappa shape index (κ1) is 16.1. The summed E-state index contributed by atoms with van der Waals surface area (Å²) in [4.78, 5) is 9.60. The Morgan fingerprint density at radius 3 is 1.80 bits per heavy atom. The molecule has 15 heavy (non-hydrogen) atoms. The van der Waals surface area contributed by atoms with E-state index in [1.54, 1.807) is 0 Å². The van der Waals surface area contributed by atoms with Crippen LogP contribution in [0.2, 0.25) is 0 Å². The maximum atomic E-state index is 9.60. The predicted octanol–water partition coefficient (Wildman–Crippen LogP) is 2.47. The van der Waals surface area contributed by atoms with Crippen LogP contribution in [0.5, 0.6) is 0 Å². The van der Waals surface area contributed by atoms with Crippen molar-refractivity contribution in [1.82, 2.24) is 0 Å². The predicted molar refractivity (Wildman–Crippen MR) is 61.9 cm³/mol. The zero-order valence-electron chi connectivity index (χ0n) is 9.60. The van der Waals surface area contributed by atoms with Crippen LogP contribution in [0.4, 0.5) is 0 Å². The van der Waals surface area contributed by atoms with Crippen LogP contribution >= 0.6 is 0 Å². The van der Waals surface area contributed by atoms with Gasteiger partial charge in [-0.15, -0.1) is 0 Å². The lowest BCUT2D eigenvalue weighted by Gasteiger charge is -1.82. The van der Waals surface area contributed by atoms with E-state index in [0.717, 1.165) is 13.5 Å². The topological polar surface area (TPSA) is 57.5 Å². The Balaban J connectivity index is 0. The lowest BCUT2D eigenvalue weighted by atomic mass is 10.2. The van der Waals surface area contributed by atoms with Gasteiger partial charge in [-0.05, 0) is 13.3 Å². The zero-order chi connectivity index (χ0) is 12.1. The Morgan fingerprint density at radius 2 is 1.67 bits per heavy atom. The molecule has 0 radical (unpaired) electrons. The molecule has 1 aromatic carbocycles. The number of carboxylic acid groups (broad SMARTS) is 1. The minimum atomic E-state index is -0.711. The molecule has 0 spiro atoms. The van der Waals surface area contributed by atoms with Crippen molar-refractivity contribution < 1.29 is 15.0 Å². The van der Waals surface area contributed by atoms with Gasteiger partial charge in [0.05, 0.1) is 0 Å². The minimum absolute atomic E-state index is 0.292. The number of aliphatic hydroxyl groups excluding tert-OH is 1. The van der Waals surface area contributed by atoms with Crippen molar-refractivity contribution in [3.63, 3.8) is 0 Å². The maximum Gasteiger partial charge on any atom is 0.303 e. The van der Waals surface area contributed by atoms with E-state index in [4.69, 9.17) is 10.2 Å². The van der Waals surface area contributed by atoms with E-state index in [9.17, 15) is 4.79 Å². The van der Waals surface area contributed by atoms with E-state index in [-0.39, 0.29) is 0 Å². The highest BCUT2D eigenvalue weighted by Gasteiger charge is 1.87. The average Bonchev–Trinajstić information content (AvgIpc) is 2.22. The number of carboxylic acids is 1. The second-order valence-corrected chi connectivity index (χ2v) is 2.80. The molecule has 0 aliphatic carbocycles. The molecule has 1 aromatic rings. The molecule has 86 valence electrons. The molecule has 0 bridgehead atoms. The molecule has 0 atom stereocenters. The highest BCUT2D eigenvalue weighted by Crippen LogP contribution is 1.92. The van der Waals surface area contributed by atoms with E-state index in [0.29, 0.717) is 6.42 Å². The van der Waals surface area contributed by atoms with Crippen LogP contribution in [0.15, 0.2) is 30.3 Å². The second-order valence-electron chi connectivity index (χ2n) is 2.80. The summed E-state index contributed by atoms with van der Waals surface area (Å²) in [7, 11) is 1.00. The SMILES string of the molecule is CCCC(=O)O.CO.Cc1ccccc1. The molecule has 2 N–H and O–H groups in total. The number of benzene rings is 1. The standard InChI is InChI=1S/C7H8.C4H8O2.CH4O/c1-7-5-3-2-4-6-7;1-2-3-4(5)6;1-2/h2-6H,1H3;2-3H2,1H3,(H,5,6);2H,1H3. The fourth-order valence-corrected chi connectivity index (χ4v) is 0.748. The van der Waals surface area contributed by atoms with Gasteiger partial charge in [0.2, 0.25) is 0 Å². The van der Waals surface area contributed by atoms with Crippen molar-refractivity contribution in [2.45, 2.75) is 26.7 Å². The molecule has 3 heteroatoms. The van der Waals surface area contributed by atoms with E-state index >= 15 is 0 Å². The Morgan fingerprint density at radius 1 is 1.20 bits per heavy atom. The molecule has 0 fully saturated rings. The normalized spacial score (nSPS) is 7.73. The monoisotopic (exact) mass is 212 g/mol. The van der Waals surface area contributed by atoms with Gasteiger partial charge in [-0.25, -0.2) is 0 Å². The molecule has 0 unspecified atom stereocenters. The summed E-state index contributed by atoms with van der Waals surface area (Å²) >= 11 is 0. The van der Waals surface area contributed by atoms with Crippen LogP contribution in [0, 0.1) is 6.92 Å². The Bertz CT molecular complexity index is 232. The van der Waals surface area contributed by atoms with Crippen LogP contribution in [-0.2, 0) is 4.79 Å². The van der Waals surface area contributed by atoms with Crippen molar-refractivity contribution in [2.75, 3.05) is 7.11 Å². The van der Waals surface area contributed by atoms with Crippen LogP contribution in [0.25, 0.3) is 0 Å². The number of aliphatic carboxylic acids is 1. The van der Waals surface area contributed by atoms with Gasteiger partial charge in [0.25, 0.3) is 0 Å². The van der Waals surface area contributed by atoms with E-state index in [1.165, 1.54) is 5.56 Å². The number of hydrogen-bond donors (Lipinski definition) is 2. The van der Waals surface area contributed by atoms with Crippen LogP contribution < -0.4 is 0 Å². The maximum absolute atomic E-state index is 9.60. The van der Waals surface area contributed by atoms with Crippen molar-refractivity contribution in [2.24, 2.45) is 0 Å². The third-order valence-electron chi connectivity index (χ3n) is 1.40. The number of aryl methyl sites for hydroxylation is 1. The number of carbonyl (C=O) groups is 1. The highest BCUT2D eigenvalue weighted by atomic mass is 16.4. The summed E-state index contributed by atoms with van der Waals surface area (Å²) in [6, 6.07) is 10.3. The fraction of sp³-hybridized carbons (Fsp3) is 0.417. The summed E-state index contributed by atoms with van der Waals surface area (Å²) in [5.74, 6) is -0.711. The van der Waals surface area contributed by atoms with Crippen LogP contribution in [0.3, 0.4) is 0 Å². The molecule has 3 nitrogen and oxygen atoms in total. The van der Waals surface area contributed by atoms with Crippen molar-refractivity contribution in [3.05, 3.63) is 35.9 Å². The molecule has 0 saturated carbocycles. The first-order chi connectivity index (χ1) is 7.16. The third kappa shape index (κ3) is 15.4. The van der Waals surface area contributed by atoms with Crippen molar-refractivity contribution in [1.29, 1.82) is 0 Å². The number of aliphatic hydroxyl groups is 1. The van der Waals surface area contributed by atoms with Crippen molar-refractivity contribution >= 4 is 5.97 Å². The quantitative estimate of drug-likeness (QED) is 0.791. The van der Waals surface area contributed by atoms with Gasteiger partial charge >= 0.3 is 5.97 Å². The van der Waals surface area contributed by atoms with Gasteiger partial charge in [-0.1, -0.05) is 42.8 Å². The summed E-state index contributed by atoms with van der Waals surface area (Å²) in [6.07, 6.45) is 1.02. The Kier molecular flexibility index (Phi) is 13.6. The minimum Gasteiger partial charge on any atom is -0.481 e. The first-order valence-corrected chi connectivity index (χ1v) is 4.85. The lowest BCUT2D eigenvalue weighted by Crippen LogP contribution is -1.90.